The predicted molar refractivity (Wildman–Crippen MR) is 598 cm³/mol. The maximum atomic E-state index is 12.6. The van der Waals surface area contributed by atoms with Gasteiger partial charge in [-0.25, -0.2) is 103 Å². The van der Waals surface area contributed by atoms with Gasteiger partial charge < -0.3 is 49.9 Å². The largest absolute Gasteiger partial charge is 0.370 e. The van der Waals surface area contributed by atoms with E-state index in [2.05, 4.69) is 112 Å². The molecule has 9 aromatic carbocycles. The first-order valence-electron chi connectivity index (χ1n) is 46.9. The molecule has 0 saturated heterocycles. The summed E-state index contributed by atoms with van der Waals surface area (Å²) in [5.74, 6) is 3.03. The second-order valence-corrected chi connectivity index (χ2v) is 50.5. The first-order valence-corrected chi connectivity index (χ1v) is 60.7. The van der Waals surface area contributed by atoms with Crippen molar-refractivity contribution in [3.8, 4) is 56.3 Å². The number of nitrogens with one attached hydrogen (secondary N) is 6. The lowest BCUT2D eigenvalue weighted by atomic mass is 10.00. The average molecular weight is 2230 g/mol. The highest BCUT2D eigenvalue weighted by Gasteiger charge is 2.26. The standard InChI is InChI=1S/2C22H27N5O4S2.C22H26N4O4S2.C22H25N3O2S.C16H15Cl2N5S/c1-15-6-4-7-19(16(15)2)20-14-21(27-22(23)26-20)24-12-5-13-25-33(30,31)18-10-8-17(9-11-18)32(3,28)29;1-15-8-6-9-17(16(15)2)18-14-21(27-22(23)26-18)24-12-7-13-25-33(30,31)20-11-5-4-10-19(20)32(3,28)29;1-15-6-4-7-19(16(15)2)20-14-21(26-22(23)25-20)24-12-5-13-32(29,30)18-10-8-17(9-11-18)31(3,27)28;1-15-6-4-9-20(16(15)2)21-14-18(24-22(23)25-21)8-5-7-17-10-12-19(13-11-17)28(3,26)27;1-9-13(24-8-21-9)5-6-20-14-7-12(22-16(19)23-14)10-3-2-4-11(17)15(10)18/h4,6-11,14,25H,5,12-13H2,1-3H3,(H3,23,24,26,27);4-6,8-11,14,25H,7,12-13H2,1-3H3,(H3,23,24,26,27);4,6-11,14H,5,12-13H2,1-3H3,(H3,23,24,25,26);4,6,9-14H,5,7-8H2,1-3H3,(H2,23,24,25);2-4,7-8H,5-6H2,1H3,(H3,19,20,22,23). The minimum absolute atomic E-state index is 0.00426. The van der Waals surface area contributed by atoms with Gasteiger partial charge in [0.1, 0.15) is 28.2 Å². The summed E-state index contributed by atoms with van der Waals surface area (Å²) in [4.78, 5) is 48.4. The van der Waals surface area contributed by atoms with Gasteiger partial charge in [0.05, 0.1) is 84.8 Å². The third kappa shape index (κ3) is 33.4. The molecule has 36 nitrogen and oxygen atoms in total. The number of nitrogens with two attached hydrogens (primary N) is 5. The molecule has 46 heteroatoms. The van der Waals surface area contributed by atoms with Crippen LogP contribution in [-0.2, 0) is 88.5 Å². The zero-order chi connectivity index (χ0) is 109. The molecule has 0 unspecified atom stereocenters. The molecule has 150 heavy (non-hydrogen) atoms. The molecule has 15 aromatic rings. The van der Waals surface area contributed by atoms with Crippen molar-refractivity contribution in [3.05, 3.63) is 300 Å². The van der Waals surface area contributed by atoms with Crippen LogP contribution < -0.4 is 59.4 Å². The van der Waals surface area contributed by atoms with Gasteiger partial charge in [-0.3, -0.25) is 0 Å². The minimum Gasteiger partial charge on any atom is -0.370 e. The number of anilines is 9. The molecule has 792 valence electrons. The van der Waals surface area contributed by atoms with Gasteiger partial charge in [-0.2, -0.15) is 19.9 Å². The van der Waals surface area contributed by atoms with Crippen LogP contribution in [0, 0.1) is 62.3 Å². The van der Waals surface area contributed by atoms with E-state index in [-0.39, 0.29) is 78.0 Å². The third-order valence-corrected chi connectivity index (χ3v) is 35.1. The summed E-state index contributed by atoms with van der Waals surface area (Å²) in [5, 5.41) is 13.6. The molecule has 0 aliphatic heterocycles. The summed E-state index contributed by atoms with van der Waals surface area (Å²) in [6, 6.07) is 61.6. The fourth-order valence-electron chi connectivity index (χ4n) is 15.1. The smallest absolute Gasteiger partial charge is 0.241 e. The molecule has 6 heterocycles. The highest BCUT2D eigenvalue weighted by Crippen LogP contribution is 2.36. The van der Waals surface area contributed by atoms with Crippen molar-refractivity contribution in [2.24, 2.45) is 0 Å². The van der Waals surface area contributed by atoms with Gasteiger partial charge in [-0.15, -0.1) is 11.3 Å². The molecular formula is C104H120Cl2N22O14S8. The number of nitrogens with zero attached hydrogens (tertiary/aromatic N) is 11. The van der Waals surface area contributed by atoms with Gasteiger partial charge in [0.25, 0.3) is 0 Å². The number of hydrogen-bond donors (Lipinski definition) is 11. The molecule has 0 aliphatic carbocycles. The van der Waals surface area contributed by atoms with Crippen LogP contribution in [0.2, 0.25) is 10.0 Å². The zero-order valence-electron chi connectivity index (χ0n) is 84.8. The fraction of sp³-hybridized carbons (Fsp3) is 0.260. The second-order valence-electron chi connectivity index (χ2n) is 35.1. The van der Waals surface area contributed by atoms with Crippen molar-refractivity contribution in [2.45, 2.75) is 142 Å². The molecule has 15 rings (SSSR count). The Bertz CT molecular complexity index is 8240. The molecule has 0 aliphatic rings. The van der Waals surface area contributed by atoms with Gasteiger partial charge in [0, 0.05) is 133 Å². The van der Waals surface area contributed by atoms with E-state index in [1.807, 2.05) is 157 Å². The molecule has 0 atom stereocenters. The van der Waals surface area contributed by atoms with Crippen LogP contribution in [0.4, 0.5) is 53.0 Å². The van der Waals surface area contributed by atoms with Crippen molar-refractivity contribution in [2.75, 3.05) is 120 Å². The number of aryl methyl sites for hydroxylation is 7. The lowest BCUT2D eigenvalue weighted by Crippen LogP contribution is -2.27. The summed E-state index contributed by atoms with van der Waals surface area (Å²) in [6.45, 7) is 20.6. The van der Waals surface area contributed by atoms with E-state index in [0.29, 0.717) is 99.9 Å². The molecule has 0 bridgehead atoms. The topological polar surface area (TPSA) is 583 Å². The Morgan fingerprint density at radius 1 is 0.307 bits per heavy atom. The average Bonchev–Trinajstić information content (AvgIpc) is 0.830. The highest BCUT2D eigenvalue weighted by atomic mass is 35.5. The molecule has 0 saturated carbocycles. The van der Waals surface area contributed by atoms with Gasteiger partial charge in [-0.05, 0) is 236 Å². The monoisotopic (exact) mass is 2230 g/mol. The lowest BCUT2D eigenvalue weighted by molar-refractivity contribution is 0.573. The fourth-order valence-corrected chi connectivity index (χ4v) is 23.3. The van der Waals surface area contributed by atoms with E-state index >= 15 is 0 Å². The second kappa shape index (κ2) is 51.7. The molecule has 0 spiro atoms. The molecular weight excluding hydrogens is 2110 g/mol. The number of halogens is 2. The normalized spacial score (nSPS) is 11.7. The maximum absolute atomic E-state index is 12.6. The zero-order valence-corrected chi connectivity index (χ0v) is 92.8. The van der Waals surface area contributed by atoms with Crippen LogP contribution in [0.3, 0.4) is 0 Å². The number of thiazole rings is 1. The number of rotatable bonds is 37. The van der Waals surface area contributed by atoms with E-state index in [9.17, 15) is 58.9 Å². The van der Waals surface area contributed by atoms with Gasteiger partial charge >= 0.3 is 0 Å². The third-order valence-electron chi connectivity index (χ3n) is 23.8. The SMILES string of the molecule is Cc1cccc(-c2cc(CCCc3ccc(S(C)(=O)=O)cc3)nc(N)n2)c1C.Cc1cccc(-c2cc(NCCCNS(=O)(=O)c3ccc(S(C)(=O)=O)cc3)nc(N)n2)c1C.Cc1cccc(-c2cc(NCCCNS(=O)(=O)c3ccccc3S(C)(=O)=O)nc(N)n2)c1C.Cc1cccc(-c2cc(NCCCS(=O)(=O)c3ccc(S(C)(=O)=O)cc3)nc(N)n2)c1C.Cc1ncsc1CCNc1cc(-c2cccc(Cl)c2Cl)nc(N)n1. The van der Waals surface area contributed by atoms with Crippen LogP contribution in [0.1, 0.15) is 92.0 Å². The van der Waals surface area contributed by atoms with Crippen molar-refractivity contribution >= 4 is 157 Å². The van der Waals surface area contributed by atoms with Gasteiger partial charge in [0.2, 0.25) is 49.8 Å². The molecule has 0 radical (unpaired) electrons. The van der Waals surface area contributed by atoms with E-state index in [4.69, 9.17) is 51.9 Å². The Labute approximate surface area is 890 Å². The van der Waals surface area contributed by atoms with Crippen molar-refractivity contribution in [1.82, 2.24) is 64.3 Å². The Balaban J connectivity index is 0.000000178. The first kappa shape index (κ1) is 117. The number of sulfone groups is 5. The number of hydrogen-bond acceptors (Lipinski definition) is 35. The molecule has 16 N–H and O–H groups in total. The summed E-state index contributed by atoms with van der Waals surface area (Å²) in [7, 11) is -24.9. The number of benzene rings is 9. The Morgan fingerprint density at radius 3 is 1.04 bits per heavy atom. The Kier molecular flexibility index (Phi) is 40.2. The predicted octanol–water partition coefficient (Wildman–Crippen LogP) is 16.4. The maximum Gasteiger partial charge on any atom is 0.241 e. The summed E-state index contributed by atoms with van der Waals surface area (Å²) in [5.41, 5.74) is 51.8. The minimum atomic E-state index is -3.98. The summed E-state index contributed by atoms with van der Waals surface area (Å²) < 4.78 is 173. The first-order chi connectivity index (χ1) is 70.7. The highest BCUT2D eigenvalue weighted by molar-refractivity contribution is 7.93. The Hall–Kier alpha value is -13.6. The Morgan fingerprint density at radius 2 is 0.647 bits per heavy atom. The lowest BCUT2D eigenvalue weighted by Gasteiger charge is -2.12. The van der Waals surface area contributed by atoms with Crippen LogP contribution in [0.25, 0.3) is 56.3 Å². The number of aromatic nitrogens is 11. The summed E-state index contributed by atoms with van der Waals surface area (Å²) >= 11 is 14.0. The van der Waals surface area contributed by atoms with Crippen molar-refractivity contribution in [1.29, 1.82) is 0 Å². The van der Waals surface area contributed by atoms with E-state index in [1.165, 1.54) is 95.1 Å². The van der Waals surface area contributed by atoms with Crippen molar-refractivity contribution < 1.29 is 58.9 Å². The molecule has 0 fully saturated rings. The van der Waals surface area contributed by atoms with E-state index < -0.39 is 69.2 Å². The molecule has 6 aromatic heterocycles. The van der Waals surface area contributed by atoms with Crippen LogP contribution >= 0.6 is 34.5 Å². The quantitative estimate of drug-likeness (QED) is 0.0161. The van der Waals surface area contributed by atoms with Crippen molar-refractivity contribution in [3.63, 3.8) is 0 Å². The summed E-state index contributed by atoms with van der Waals surface area (Å²) in [6.07, 6.45) is 8.97. The number of sulfonamides is 2. The van der Waals surface area contributed by atoms with Gasteiger partial charge in [-0.1, -0.05) is 132 Å². The van der Waals surface area contributed by atoms with Crippen LogP contribution in [-0.4, -0.2) is 184 Å². The van der Waals surface area contributed by atoms with Gasteiger partial charge in [0.15, 0.2) is 49.2 Å². The van der Waals surface area contributed by atoms with E-state index in [1.54, 1.807) is 41.7 Å². The molecule has 0 amide bonds. The number of nitrogen functional groups attached to an aromatic ring is 5. The van der Waals surface area contributed by atoms with Crippen LogP contribution in [0.5, 0.6) is 0 Å². The van der Waals surface area contributed by atoms with Crippen LogP contribution in [0.15, 0.2) is 258 Å². The van der Waals surface area contributed by atoms with E-state index in [0.717, 1.165) is 135 Å².